The van der Waals surface area contributed by atoms with Crippen molar-refractivity contribution in [2.45, 2.75) is 39.7 Å². The summed E-state index contributed by atoms with van der Waals surface area (Å²) in [4.78, 5) is 26.9. The maximum Gasteiger partial charge on any atom is 0.409 e. The second kappa shape index (κ2) is 7.86. The van der Waals surface area contributed by atoms with Gasteiger partial charge in [0.1, 0.15) is 0 Å². The molecule has 1 N–H and O–H groups in total. The number of rotatable bonds is 4. The van der Waals surface area contributed by atoms with Gasteiger partial charge >= 0.3 is 12.1 Å². The third kappa shape index (κ3) is 4.61. The number of nitrogens with one attached hydrogen (secondary N) is 1. The molecule has 6 nitrogen and oxygen atoms in total. The van der Waals surface area contributed by atoms with E-state index in [4.69, 9.17) is 4.74 Å². The molecule has 0 aliphatic carbocycles. The van der Waals surface area contributed by atoms with Gasteiger partial charge in [0.15, 0.2) is 0 Å². The fraction of sp³-hybridized carbons (Fsp3) is 0.846. The number of urea groups is 1. The molecule has 1 aliphatic rings. The van der Waals surface area contributed by atoms with Crippen LogP contribution in [0.2, 0.25) is 0 Å². The Balaban J connectivity index is 2.36. The lowest BCUT2D eigenvalue weighted by atomic mass is 10.2. The van der Waals surface area contributed by atoms with Gasteiger partial charge in [0.2, 0.25) is 0 Å². The maximum atomic E-state index is 12.0. The molecular formula is C13H25N3O3. The van der Waals surface area contributed by atoms with Crippen LogP contribution in [-0.2, 0) is 4.74 Å². The van der Waals surface area contributed by atoms with Gasteiger partial charge < -0.3 is 19.9 Å². The van der Waals surface area contributed by atoms with E-state index in [1.165, 1.54) is 0 Å². The van der Waals surface area contributed by atoms with Crippen LogP contribution >= 0.6 is 0 Å². The van der Waals surface area contributed by atoms with Crippen LogP contribution in [0.1, 0.15) is 33.6 Å². The highest BCUT2D eigenvalue weighted by Gasteiger charge is 2.25. The summed E-state index contributed by atoms with van der Waals surface area (Å²) in [5.74, 6) is 0. The van der Waals surface area contributed by atoms with E-state index in [-0.39, 0.29) is 18.2 Å². The van der Waals surface area contributed by atoms with Crippen molar-refractivity contribution < 1.29 is 14.3 Å². The standard InChI is InChI=1S/C13H25N3O3/c1-4-11(5-2)14-12(17)15-7-9-16(10-8-15)13(18)19-6-3/h11H,4-10H2,1-3H3,(H,14,17). The Morgan fingerprint density at radius 2 is 1.58 bits per heavy atom. The molecule has 0 aromatic heterocycles. The molecule has 0 aromatic carbocycles. The summed E-state index contributed by atoms with van der Waals surface area (Å²) in [5.41, 5.74) is 0. The van der Waals surface area contributed by atoms with Gasteiger partial charge in [0.25, 0.3) is 0 Å². The van der Waals surface area contributed by atoms with Gasteiger partial charge in [-0.2, -0.15) is 0 Å². The largest absolute Gasteiger partial charge is 0.450 e. The Morgan fingerprint density at radius 1 is 1.05 bits per heavy atom. The molecule has 1 saturated heterocycles. The predicted molar refractivity (Wildman–Crippen MR) is 73.1 cm³/mol. The van der Waals surface area contributed by atoms with E-state index in [0.29, 0.717) is 32.8 Å². The number of carbonyl (C=O) groups excluding carboxylic acids is 2. The van der Waals surface area contributed by atoms with Crippen LogP contribution in [0.5, 0.6) is 0 Å². The Labute approximate surface area is 115 Å². The lowest BCUT2D eigenvalue weighted by Crippen LogP contribution is -2.54. The molecule has 0 saturated carbocycles. The molecule has 1 heterocycles. The minimum absolute atomic E-state index is 0.0304. The number of nitrogens with zero attached hydrogens (tertiary/aromatic N) is 2. The lowest BCUT2D eigenvalue weighted by molar-refractivity contribution is 0.0847. The first kappa shape index (κ1) is 15.6. The molecule has 110 valence electrons. The number of hydrogen-bond acceptors (Lipinski definition) is 3. The summed E-state index contributed by atoms with van der Waals surface area (Å²) < 4.78 is 4.94. The number of carbonyl (C=O) groups is 2. The monoisotopic (exact) mass is 271 g/mol. The first-order chi connectivity index (χ1) is 9.12. The van der Waals surface area contributed by atoms with Crippen molar-refractivity contribution in [2.75, 3.05) is 32.8 Å². The molecule has 0 aromatic rings. The Bertz CT molecular complexity index is 298. The Morgan fingerprint density at radius 3 is 2.05 bits per heavy atom. The minimum Gasteiger partial charge on any atom is -0.450 e. The summed E-state index contributed by atoms with van der Waals surface area (Å²) >= 11 is 0. The summed E-state index contributed by atoms with van der Waals surface area (Å²) in [6, 6.07) is 0.202. The van der Waals surface area contributed by atoms with Gasteiger partial charge in [0, 0.05) is 32.2 Å². The van der Waals surface area contributed by atoms with Gasteiger partial charge in [-0.1, -0.05) is 13.8 Å². The van der Waals surface area contributed by atoms with E-state index in [1.807, 2.05) is 0 Å². The fourth-order valence-corrected chi connectivity index (χ4v) is 2.07. The van der Waals surface area contributed by atoms with Gasteiger partial charge in [-0.3, -0.25) is 0 Å². The summed E-state index contributed by atoms with van der Waals surface area (Å²) in [6.07, 6.45) is 1.58. The van der Waals surface area contributed by atoms with Crippen molar-refractivity contribution in [3.05, 3.63) is 0 Å². The summed E-state index contributed by atoms with van der Waals surface area (Å²) in [7, 11) is 0. The predicted octanol–water partition coefficient (Wildman–Crippen LogP) is 1.66. The average Bonchev–Trinajstić information content (AvgIpc) is 2.45. The number of amides is 3. The Hall–Kier alpha value is -1.46. The highest BCUT2D eigenvalue weighted by Crippen LogP contribution is 2.05. The van der Waals surface area contributed by atoms with E-state index in [1.54, 1.807) is 16.7 Å². The van der Waals surface area contributed by atoms with Gasteiger partial charge in [-0.15, -0.1) is 0 Å². The van der Waals surface area contributed by atoms with E-state index in [9.17, 15) is 9.59 Å². The topological polar surface area (TPSA) is 61.9 Å². The molecule has 1 aliphatic heterocycles. The molecule has 1 rings (SSSR count). The zero-order valence-corrected chi connectivity index (χ0v) is 12.1. The molecule has 0 atom stereocenters. The van der Waals surface area contributed by atoms with E-state index in [2.05, 4.69) is 19.2 Å². The van der Waals surface area contributed by atoms with Crippen LogP contribution < -0.4 is 5.32 Å². The lowest BCUT2D eigenvalue weighted by Gasteiger charge is -2.34. The molecule has 0 bridgehead atoms. The molecule has 0 spiro atoms. The van der Waals surface area contributed by atoms with Crippen molar-refractivity contribution in [1.82, 2.24) is 15.1 Å². The molecule has 3 amide bonds. The molecule has 0 radical (unpaired) electrons. The summed E-state index contributed by atoms with van der Waals surface area (Å²) in [5, 5.41) is 3.01. The minimum atomic E-state index is -0.289. The van der Waals surface area contributed by atoms with Crippen molar-refractivity contribution in [3.8, 4) is 0 Å². The second-order valence-corrected chi connectivity index (χ2v) is 4.64. The molecule has 1 fully saturated rings. The van der Waals surface area contributed by atoms with Crippen LogP contribution in [0.3, 0.4) is 0 Å². The fourth-order valence-electron chi connectivity index (χ4n) is 2.07. The van der Waals surface area contributed by atoms with Crippen LogP contribution in [0.15, 0.2) is 0 Å². The zero-order chi connectivity index (χ0) is 14.3. The van der Waals surface area contributed by atoms with Crippen molar-refractivity contribution in [1.29, 1.82) is 0 Å². The van der Waals surface area contributed by atoms with Crippen molar-refractivity contribution >= 4 is 12.1 Å². The van der Waals surface area contributed by atoms with Crippen LogP contribution in [0.25, 0.3) is 0 Å². The molecular weight excluding hydrogens is 246 g/mol. The first-order valence-corrected chi connectivity index (χ1v) is 7.09. The third-order valence-electron chi connectivity index (χ3n) is 3.41. The van der Waals surface area contributed by atoms with Crippen molar-refractivity contribution in [2.24, 2.45) is 0 Å². The molecule has 0 unspecified atom stereocenters. The zero-order valence-electron chi connectivity index (χ0n) is 12.1. The highest BCUT2D eigenvalue weighted by atomic mass is 16.6. The van der Waals surface area contributed by atoms with E-state index in [0.717, 1.165) is 12.8 Å². The van der Waals surface area contributed by atoms with E-state index < -0.39 is 0 Å². The number of hydrogen-bond donors (Lipinski definition) is 1. The number of ether oxygens (including phenoxy) is 1. The first-order valence-electron chi connectivity index (χ1n) is 7.09. The Kier molecular flexibility index (Phi) is 6.45. The van der Waals surface area contributed by atoms with Crippen LogP contribution in [-0.4, -0.2) is 60.8 Å². The smallest absolute Gasteiger partial charge is 0.409 e. The average molecular weight is 271 g/mol. The second-order valence-electron chi connectivity index (χ2n) is 4.64. The van der Waals surface area contributed by atoms with Gasteiger partial charge in [0.05, 0.1) is 6.61 Å². The molecule has 19 heavy (non-hydrogen) atoms. The highest BCUT2D eigenvalue weighted by molar-refractivity contribution is 5.75. The van der Waals surface area contributed by atoms with Gasteiger partial charge in [-0.25, -0.2) is 9.59 Å². The normalized spacial score (nSPS) is 15.6. The SMILES string of the molecule is CCOC(=O)N1CCN(C(=O)NC(CC)CC)CC1. The molecule has 6 heteroatoms. The quantitative estimate of drug-likeness (QED) is 0.846. The van der Waals surface area contributed by atoms with Gasteiger partial charge in [-0.05, 0) is 19.8 Å². The maximum absolute atomic E-state index is 12.0. The third-order valence-corrected chi connectivity index (χ3v) is 3.41. The summed E-state index contributed by atoms with van der Waals surface area (Å²) in [6.45, 7) is 8.49. The van der Waals surface area contributed by atoms with Crippen LogP contribution in [0.4, 0.5) is 9.59 Å². The van der Waals surface area contributed by atoms with Crippen molar-refractivity contribution in [3.63, 3.8) is 0 Å². The van der Waals surface area contributed by atoms with Crippen LogP contribution in [0, 0.1) is 0 Å². The number of piperazine rings is 1. The van der Waals surface area contributed by atoms with E-state index >= 15 is 0 Å².